The number of ketones is 2. The first kappa shape index (κ1) is 23.5. The summed E-state index contributed by atoms with van der Waals surface area (Å²) in [5.74, 6) is -7.08. The smallest absolute Gasteiger partial charge is 0.352 e. The molecule has 0 spiro atoms. The number of amides is 1. The van der Waals surface area contributed by atoms with Crippen molar-refractivity contribution in [2.24, 2.45) is 5.92 Å². The molecule has 1 aromatic carbocycles. The third-order valence-corrected chi connectivity index (χ3v) is 2.63. The molecule has 1 aromatic rings. The Bertz CT molecular complexity index is 610. The van der Waals surface area contributed by atoms with Crippen molar-refractivity contribution < 1.29 is 45.1 Å². The SMILES string of the molecule is CC(C)C(=O)NCc1ccc(F)cc1.O=C(C(=O)C(F)(F)F)C(F)(F)F. The van der Waals surface area contributed by atoms with Crippen LogP contribution < -0.4 is 5.32 Å². The number of hydrogen-bond acceptors (Lipinski definition) is 3. The summed E-state index contributed by atoms with van der Waals surface area (Å²) in [6, 6.07) is 6.10. The van der Waals surface area contributed by atoms with Crippen LogP contribution in [0.15, 0.2) is 24.3 Å². The number of rotatable bonds is 4. The predicted molar refractivity (Wildman–Crippen MR) is 75.2 cm³/mol. The van der Waals surface area contributed by atoms with Gasteiger partial charge in [-0.15, -0.1) is 0 Å². The lowest BCUT2D eigenvalue weighted by molar-refractivity contribution is -0.193. The molecular formula is C15H14F7NO3. The van der Waals surface area contributed by atoms with Gasteiger partial charge in [0.25, 0.3) is 0 Å². The van der Waals surface area contributed by atoms with E-state index in [0.717, 1.165) is 5.56 Å². The number of carbonyl (C=O) groups is 3. The van der Waals surface area contributed by atoms with Crippen LogP contribution >= 0.6 is 0 Å². The average molecular weight is 389 g/mol. The van der Waals surface area contributed by atoms with Crippen molar-refractivity contribution >= 4 is 17.5 Å². The summed E-state index contributed by atoms with van der Waals surface area (Å²) in [6.45, 7) is 4.12. The number of benzene rings is 1. The van der Waals surface area contributed by atoms with Crippen LogP contribution in [0.25, 0.3) is 0 Å². The van der Waals surface area contributed by atoms with E-state index in [1.165, 1.54) is 12.1 Å². The largest absolute Gasteiger partial charge is 0.458 e. The summed E-state index contributed by atoms with van der Waals surface area (Å²) in [7, 11) is 0. The van der Waals surface area contributed by atoms with Crippen molar-refractivity contribution in [2.45, 2.75) is 32.7 Å². The van der Waals surface area contributed by atoms with Crippen molar-refractivity contribution in [1.82, 2.24) is 5.32 Å². The van der Waals surface area contributed by atoms with Gasteiger partial charge in [-0.3, -0.25) is 14.4 Å². The van der Waals surface area contributed by atoms with E-state index >= 15 is 0 Å². The van der Waals surface area contributed by atoms with E-state index in [0.29, 0.717) is 6.54 Å². The first-order chi connectivity index (χ1) is 11.7. The van der Waals surface area contributed by atoms with Crippen LogP contribution in [0.5, 0.6) is 0 Å². The molecule has 0 bridgehead atoms. The molecule has 0 aliphatic heterocycles. The Morgan fingerprint density at radius 1 is 0.885 bits per heavy atom. The van der Waals surface area contributed by atoms with Crippen LogP contribution in [0.1, 0.15) is 19.4 Å². The zero-order valence-corrected chi connectivity index (χ0v) is 13.5. The Balaban J connectivity index is 0.000000488. The van der Waals surface area contributed by atoms with Crippen molar-refractivity contribution in [3.8, 4) is 0 Å². The molecule has 0 radical (unpaired) electrons. The van der Waals surface area contributed by atoms with Gasteiger partial charge in [0.05, 0.1) is 0 Å². The lowest BCUT2D eigenvalue weighted by Crippen LogP contribution is -2.39. The van der Waals surface area contributed by atoms with Crippen LogP contribution in [0.4, 0.5) is 30.7 Å². The Morgan fingerprint density at radius 3 is 1.58 bits per heavy atom. The summed E-state index contributed by atoms with van der Waals surface area (Å²) in [5.41, 5.74) is 0.903. The molecule has 1 amide bonds. The van der Waals surface area contributed by atoms with E-state index in [1.54, 1.807) is 12.1 Å². The van der Waals surface area contributed by atoms with Gasteiger partial charge in [-0.1, -0.05) is 26.0 Å². The van der Waals surface area contributed by atoms with Gasteiger partial charge in [0.2, 0.25) is 5.91 Å². The highest BCUT2D eigenvalue weighted by Crippen LogP contribution is 2.23. The number of hydrogen-bond donors (Lipinski definition) is 1. The Labute approximate surface area is 143 Å². The van der Waals surface area contributed by atoms with E-state index in [2.05, 4.69) is 5.32 Å². The molecule has 1 N–H and O–H groups in total. The molecule has 0 saturated carbocycles. The molecule has 0 saturated heterocycles. The molecule has 26 heavy (non-hydrogen) atoms. The summed E-state index contributed by atoms with van der Waals surface area (Å²) in [5, 5.41) is 2.76. The van der Waals surface area contributed by atoms with E-state index in [-0.39, 0.29) is 17.6 Å². The average Bonchev–Trinajstić information content (AvgIpc) is 2.51. The fraction of sp³-hybridized carbons (Fsp3) is 0.400. The fourth-order valence-corrected chi connectivity index (χ4v) is 1.25. The van der Waals surface area contributed by atoms with Crippen molar-refractivity contribution in [1.29, 1.82) is 0 Å². The normalized spacial score (nSPS) is 11.5. The molecule has 4 nitrogen and oxygen atoms in total. The van der Waals surface area contributed by atoms with Gasteiger partial charge < -0.3 is 5.32 Å². The van der Waals surface area contributed by atoms with E-state index < -0.39 is 23.9 Å². The van der Waals surface area contributed by atoms with Gasteiger partial charge in [0.15, 0.2) is 0 Å². The molecule has 0 aliphatic rings. The highest BCUT2D eigenvalue weighted by Gasteiger charge is 2.54. The maximum Gasteiger partial charge on any atom is 0.458 e. The zero-order chi connectivity index (χ0) is 20.7. The number of carbonyl (C=O) groups excluding carboxylic acids is 3. The van der Waals surface area contributed by atoms with Gasteiger partial charge in [-0.05, 0) is 17.7 Å². The number of nitrogens with one attached hydrogen (secondary N) is 1. The van der Waals surface area contributed by atoms with Crippen LogP contribution in [-0.4, -0.2) is 29.8 Å². The van der Waals surface area contributed by atoms with Gasteiger partial charge in [-0.2, -0.15) is 26.3 Å². The maximum atomic E-state index is 12.5. The number of Topliss-reactive ketones (excluding diaryl/α,β-unsaturated/α-hetero) is 2. The zero-order valence-electron chi connectivity index (χ0n) is 13.5. The van der Waals surface area contributed by atoms with Crippen LogP contribution in [0, 0.1) is 11.7 Å². The minimum atomic E-state index is -5.77. The lowest BCUT2D eigenvalue weighted by atomic mass is 10.2. The molecule has 1 rings (SSSR count). The van der Waals surface area contributed by atoms with Gasteiger partial charge in [-0.25, -0.2) is 4.39 Å². The van der Waals surface area contributed by atoms with Crippen molar-refractivity contribution in [3.05, 3.63) is 35.6 Å². The first-order valence-corrected chi connectivity index (χ1v) is 6.91. The number of halogens is 7. The molecule has 11 heteroatoms. The molecule has 0 aromatic heterocycles. The Kier molecular flexibility index (Phi) is 8.42. The molecule has 0 aliphatic carbocycles. The monoisotopic (exact) mass is 389 g/mol. The van der Waals surface area contributed by atoms with Gasteiger partial charge in [0.1, 0.15) is 5.82 Å². The Morgan fingerprint density at radius 2 is 1.27 bits per heavy atom. The standard InChI is InChI=1S/C11H14FNO.C4F6O2/c1-8(2)11(14)13-7-9-3-5-10(12)6-4-9;5-3(6,7)1(11)2(12)4(8,9)10/h3-6,8H,7H2,1-2H3,(H,13,14);. The predicted octanol–water partition coefficient (Wildman–Crippen LogP) is 3.35. The van der Waals surface area contributed by atoms with E-state index in [1.807, 2.05) is 13.8 Å². The third kappa shape index (κ3) is 8.58. The number of alkyl halides is 6. The topological polar surface area (TPSA) is 63.2 Å². The van der Waals surface area contributed by atoms with E-state index in [4.69, 9.17) is 0 Å². The highest BCUT2D eigenvalue weighted by atomic mass is 19.4. The Hall–Kier alpha value is -2.46. The lowest BCUT2D eigenvalue weighted by Gasteiger charge is -2.07. The summed E-state index contributed by atoms with van der Waals surface area (Å²) in [4.78, 5) is 30.4. The minimum Gasteiger partial charge on any atom is -0.352 e. The summed E-state index contributed by atoms with van der Waals surface area (Å²) < 4.78 is 79.5. The fourth-order valence-electron chi connectivity index (χ4n) is 1.25. The second kappa shape index (κ2) is 9.30. The van der Waals surface area contributed by atoms with Crippen LogP contribution in [0.3, 0.4) is 0 Å². The molecule has 0 unspecified atom stereocenters. The van der Waals surface area contributed by atoms with Crippen LogP contribution in [-0.2, 0) is 20.9 Å². The molecular weight excluding hydrogens is 375 g/mol. The summed E-state index contributed by atoms with van der Waals surface area (Å²) >= 11 is 0. The van der Waals surface area contributed by atoms with Crippen molar-refractivity contribution in [3.63, 3.8) is 0 Å². The van der Waals surface area contributed by atoms with Crippen molar-refractivity contribution in [2.75, 3.05) is 0 Å². The summed E-state index contributed by atoms with van der Waals surface area (Å²) in [6.07, 6.45) is -11.5. The molecule has 0 heterocycles. The molecule has 0 fully saturated rings. The van der Waals surface area contributed by atoms with Crippen LogP contribution in [0.2, 0.25) is 0 Å². The first-order valence-electron chi connectivity index (χ1n) is 6.91. The molecule has 0 atom stereocenters. The maximum absolute atomic E-state index is 12.5. The highest BCUT2D eigenvalue weighted by molar-refractivity contribution is 6.41. The molecule has 146 valence electrons. The third-order valence-electron chi connectivity index (χ3n) is 2.63. The quantitative estimate of drug-likeness (QED) is 0.635. The van der Waals surface area contributed by atoms with Gasteiger partial charge >= 0.3 is 23.9 Å². The minimum absolute atomic E-state index is 0.00863. The van der Waals surface area contributed by atoms with E-state index in [9.17, 15) is 45.1 Å². The second-order valence-corrected chi connectivity index (χ2v) is 5.15. The second-order valence-electron chi connectivity index (χ2n) is 5.15. The van der Waals surface area contributed by atoms with Gasteiger partial charge in [0, 0.05) is 12.5 Å².